The monoisotopic (exact) mass is 281 g/mol. The predicted molar refractivity (Wildman–Crippen MR) is 82.3 cm³/mol. The summed E-state index contributed by atoms with van der Waals surface area (Å²) in [6.45, 7) is 3.61. The van der Waals surface area contributed by atoms with Gasteiger partial charge < -0.3 is 9.80 Å². The van der Waals surface area contributed by atoms with Gasteiger partial charge in [0, 0.05) is 49.2 Å². The maximum absolute atomic E-state index is 12.9. The lowest BCUT2D eigenvalue weighted by Crippen LogP contribution is -2.43. The molecule has 2 aromatic rings. The number of carbonyl (C=O) groups is 1. The van der Waals surface area contributed by atoms with Gasteiger partial charge >= 0.3 is 0 Å². The van der Waals surface area contributed by atoms with Crippen LogP contribution in [-0.2, 0) is 13.0 Å². The number of likely N-dealkylation sites (tertiary alicyclic amines) is 1. The summed E-state index contributed by atoms with van der Waals surface area (Å²) in [7, 11) is 2.11. The molecule has 4 nitrogen and oxygen atoms in total. The second-order valence-electron chi connectivity index (χ2n) is 6.06. The molecule has 2 aliphatic heterocycles. The second-order valence-corrected chi connectivity index (χ2v) is 6.06. The van der Waals surface area contributed by atoms with Crippen LogP contribution in [0, 0.1) is 0 Å². The van der Waals surface area contributed by atoms with Gasteiger partial charge in [-0.3, -0.25) is 9.78 Å². The number of nitrogens with zero attached hydrogens (tertiary/aromatic N) is 3. The molecule has 0 saturated carbocycles. The van der Waals surface area contributed by atoms with E-state index in [9.17, 15) is 4.79 Å². The van der Waals surface area contributed by atoms with Crippen molar-refractivity contribution in [3.63, 3.8) is 0 Å². The van der Waals surface area contributed by atoms with E-state index in [4.69, 9.17) is 4.98 Å². The number of pyridine rings is 1. The van der Waals surface area contributed by atoms with Crippen LogP contribution in [0.5, 0.6) is 0 Å². The molecule has 108 valence electrons. The third-order valence-corrected chi connectivity index (χ3v) is 4.59. The highest BCUT2D eigenvalue weighted by atomic mass is 16.2. The molecule has 0 radical (unpaired) electrons. The lowest BCUT2D eigenvalue weighted by Gasteiger charge is -2.33. The summed E-state index contributed by atoms with van der Waals surface area (Å²) in [5.74, 6) is 0.186. The molecular formula is C17H19N3O. The summed E-state index contributed by atoms with van der Waals surface area (Å²) in [6.07, 6.45) is 2.05. The van der Waals surface area contributed by atoms with Gasteiger partial charge in [-0.15, -0.1) is 0 Å². The summed E-state index contributed by atoms with van der Waals surface area (Å²) in [5.41, 5.74) is 4.08. The van der Waals surface area contributed by atoms with Gasteiger partial charge in [0.05, 0.1) is 11.1 Å². The first-order chi connectivity index (χ1) is 10.2. The van der Waals surface area contributed by atoms with Crippen LogP contribution in [0.1, 0.15) is 28.0 Å². The van der Waals surface area contributed by atoms with Crippen molar-refractivity contribution in [2.24, 2.45) is 0 Å². The van der Waals surface area contributed by atoms with Gasteiger partial charge in [0.25, 0.3) is 5.91 Å². The zero-order valence-electron chi connectivity index (χ0n) is 12.3. The summed E-state index contributed by atoms with van der Waals surface area (Å²) in [5, 5.41) is 1.00. The Balaban J connectivity index is 1.95. The number of para-hydroxylation sites is 1. The van der Waals surface area contributed by atoms with Gasteiger partial charge in [-0.2, -0.15) is 0 Å². The zero-order valence-corrected chi connectivity index (χ0v) is 12.3. The van der Waals surface area contributed by atoms with Crippen LogP contribution in [0.3, 0.4) is 0 Å². The first-order valence-electron chi connectivity index (χ1n) is 7.62. The molecule has 1 amide bonds. The molecule has 0 unspecified atom stereocenters. The van der Waals surface area contributed by atoms with E-state index in [1.165, 1.54) is 0 Å². The number of amides is 1. The SMILES string of the molecule is CN1CCc2nc3ccccc3c(C(=O)N3CCC3)c2C1. The van der Waals surface area contributed by atoms with Crippen LogP contribution >= 0.6 is 0 Å². The van der Waals surface area contributed by atoms with Gasteiger partial charge in [0.1, 0.15) is 0 Å². The minimum Gasteiger partial charge on any atom is -0.338 e. The first kappa shape index (κ1) is 12.8. The third-order valence-electron chi connectivity index (χ3n) is 4.59. The molecule has 1 aromatic carbocycles. The Morgan fingerprint density at radius 1 is 1.19 bits per heavy atom. The molecule has 0 bridgehead atoms. The Bertz CT molecular complexity index is 721. The third kappa shape index (κ3) is 2.02. The van der Waals surface area contributed by atoms with Crippen molar-refractivity contribution in [2.45, 2.75) is 19.4 Å². The molecule has 3 heterocycles. The number of rotatable bonds is 1. The molecule has 0 N–H and O–H groups in total. The number of hydrogen-bond donors (Lipinski definition) is 0. The first-order valence-corrected chi connectivity index (χ1v) is 7.62. The average molecular weight is 281 g/mol. The van der Waals surface area contributed by atoms with Crippen molar-refractivity contribution < 1.29 is 4.79 Å². The minimum absolute atomic E-state index is 0.186. The lowest BCUT2D eigenvalue weighted by molar-refractivity contribution is 0.0651. The van der Waals surface area contributed by atoms with E-state index in [1.807, 2.05) is 29.2 Å². The van der Waals surface area contributed by atoms with E-state index in [-0.39, 0.29) is 5.91 Å². The Kier molecular flexibility index (Phi) is 2.93. The van der Waals surface area contributed by atoms with Gasteiger partial charge in [0.15, 0.2) is 0 Å². The molecule has 1 saturated heterocycles. The maximum Gasteiger partial charge on any atom is 0.254 e. The summed E-state index contributed by atoms with van der Waals surface area (Å²) >= 11 is 0. The van der Waals surface area contributed by atoms with Gasteiger partial charge in [-0.05, 0) is 19.5 Å². The van der Waals surface area contributed by atoms with Crippen LogP contribution in [0.15, 0.2) is 24.3 Å². The van der Waals surface area contributed by atoms with E-state index in [2.05, 4.69) is 11.9 Å². The number of carbonyl (C=O) groups excluding carboxylic acids is 1. The van der Waals surface area contributed by atoms with Crippen molar-refractivity contribution in [1.82, 2.24) is 14.8 Å². The molecule has 2 aliphatic rings. The van der Waals surface area contributed by atoms with Crippen molar-refractivity contribution in [1.29, 1.82) is 0 Å². The fraction of sp³-hybridized carbons (Fsp3) is 0.412. The molecule has 1 aromatic heterocycles. The quantitative estimate of drug-likeness (QED) is 0.803. The van der Waals surface area contributed by atoms with Crippen LogP contribution in [0.25, 0.3) is 10.9 Å². The predicted octanol–water partition coefficient (Wildman–Crippen LogP) is 2.07. The molecule has 0 aliphatic carbocycles. The molecule has 1 fully saturated rings. The maximum atomic E-state index is 12.9. The lowest BCUT2D eigenvalue weighted by atomic mass is 9.94. The van der Waals surface area contributed by atoms with Crippen LogP contribution in [0.4, 0.5) is 0 Å². The number of benzene rings is 1. The van der Waals surface area contributed by atoms with Crippen molar-refractivity contribution in [3.8, 4) is 0 Å². The van der Waals surface area contributed by atoms with E-state index >= 15 is 0 Å². The normalized spacial score (nSPS) is 18.4. The number of hydrogen-bond acceptors (Lipinski definition) is 3. The Hall–Kier alpha value is -1.94. The molecule has 0 atom stereocenters. The number of likely N-dealkylation sites (N-methyl/N-ethyl adjacent to an activating group) is 1. The average Bonchev–Trinajstić information content (AvgIpc) is 2.43. The second kappa shape index (κ2) is 4.81. The van der Waals surface area contributed by atoms with E-state index in [0.717, 1.165) is 66.7 Å². The van der Waals surface area contributed by atoms with Crippen LogP contribution < -0.4 is 0 Å². The van der Waals surface area contributed by atoms with Gasteiger partial charge in [-0.25, -0.2) is 0 Å². The minimum atomic E-state index is 0.186. The van der Waals surface area contributed by atoms with Crippen LogP contribution in [0.2, 0.25) is 0 Å². The van der Waals surface area contributed by atoms with Gasteiger partial charge in [-0.1, -0.05) is 18.2 Å². The fourth-order valence-corrected chi connectivity index (χ4v) is 3.25. The molecule has 4 rings (SSSR count). The Morgan fingerprint density at radius 3 is 2.76 bits per heavy atom. The molecule has 21 heavy (non-hydrogen) atoms. The van der Waals surface area contributed by atoms with E-state index in [1.54, 1.807) is 0 Å². The van der Waals surface area contributed by atoms with Crippen LogP contribution in [-0.4, -0.2) is 47.4 Å². The zero-order chi connectivity index (χ0) is 14.4. The summed E-state index contributed by atoms with van der Waals surface area (Å²) in [4.78, 5) is 21.9. The summed E-state index contributed by atoms with van der Waals surface area (Å²) < 4.78 is 0. The largest absolute Gasteiger partial charge is 0.338 e. The smallest absolute Gasteiger partial charge is 0.254 e. The van der Waals surface area contributed by atoms with E-state index < -0.39 is 0 Å². The Labute approximate surface area is 124 Å². The topological polar surface area (TPSA) is 36.4 Å². The van der Waals surface area contributed by atoms with Gasteiger partial charge in [0.2, 0.25) is 0 Å². The molecule has 0 spiro atoms. The van der Waals surface area contributed by atoms with Crippen molar-refractivity contribution in [3.05, 3.63) is 41.1 Å². The van der Waals surface area contributed by atoms with Crippen molar-refractivity contribution >= 4 is 16.8 Å². The Morgan fingerprint density at radius 2 is 2.00 bits per heavy atom. The van der Waals surface area contributed by atoms with Crippen molar-refractivity contribution in [2.75, 3.05) is 26.7 Å². The highest BCUT2D eigenvalue weighted by Gasteiger charge is 2.29. The highest BCUT2D eigenvalue weighted by Crippen LogP contribution is 2.29. The molecule has 4 heteroatoms. The standard InChI is InChI=1S/C17H19N3O/c1-19-10-7-15-13(11-19)16(17(21)20-8-4-9-20)12-5-2-3-6-14(12)18-15/h2-3,5-6H,4,7-11H2,1H3. The summed E-state index contributed by atoms with van der Waals surface area (Å²) in [6, 6.07) is 8.04. The highest BCUT2D eigenvalue weighted by molar-refractivity contribution is 6.08. The van der Waals surface area contributed by atoms with E-state index in [0.29, 0.717) is 0 Å². The number of aromatic nitrogens is 1. The fourth-order valence-electron chi connectivity index (χ4n) is 3.25. The number of fused-ring (bicyclic) bond motifs is 2. The molecular weight excluding hydrogens is 262 g/mol.